The first-order valence-electron chi connectivity index (χ1n) is 6.66. The lowest BCUT2D eigenvalue weighted by molar-refractivity contribution is 0.0471. The highest BCUT2D eigenvalue weighted by atomic mass is 19.1. The molecule has 110 valence electrons. The van der Waals surface area contributed by atoms with Crippen LogP contribution < -0.4 is 5.73 Å². The van der Waals surface area contributed by atoms with E-state index in [0.29, 0.717) is 0 Å². The number of ether oxygens (including phenoxy) is 1. The Morgan fingerprint density at radius 3 is 2.29 bits per heavy atom. The van der Waals surface area contributed by atoms with Crippen molar-refractivity contribution in [2.45, 2.75) is 27.4 Å². The molecule has 0 aliphatic heterocycles. The Morgan fingerprint density at radius 1 is 1.10 bits per heavy atom. The first-order valence-corrected chi connectivity index (χ1v) is 6.66. The van der Waals surface area contributed by atoms with Crippen LogP contribution in [0, 0.1) is 26.6 Å². The van der Waals surface area contributed by atoms with E-state index < -0.39 is 11.8 Å². The van der Waals surface area contributed by atoms with Crippen LogP contribution in [0.25, 0.3) is 0 Å². The van der Waals surface area contributed by atoms with E-state index in [0.717, 1.165) is 34.4 Å². The third kappa shape index (κ3) is 3.60. The van der Waals surface area contributed by atoms with E-state index in [1.54, 1.807) is 0 Å². The molecule has 0 bridgehead atoms. The Bertz CT molecular complexity index is 652. The maximum atomic E-state index is 13.2. The summed E-state index contributed by atoms with van der Waals surface area (Å²) in [5.41, 5.74) is 10.1. The molecule has 4 heteroatoms. The zero-order valence-electron chi connectivity index (χ0n) is 12.4. The average molecular weight is 287 g/mol. The molecule has 0 saturated heterocycles. The summed E-state index contributed by atoms with van der Waals surface area (Å²) in [6.45, 7) is 6.13. The van der Waals surface area contributed by atoms with Crippen LogP contribution in [-0.2, 0) is 11.3 Å². The number of anilines is 1. The fourth-order valence-corrected chi connectivity index (χ4v) is 2.39. The number of nitrogens with two attached hydrogens (primary N) is 1. The van der Waals surface area contributed by atoms with Crippen molar-refractivity contribution in [2.24, 2.45) is 0 Å². The average Bonchev–Trinajstić information content (AvgIpc) is 2.35. The summed E-state index contributed by atoms with van der Waals surface area (Å²) in [7, 11) is 0. The maximum Gasteiger partial charge on any atom is 0.338 e. The van der Waals surface area contributed by atoms with Crippen molar-refractivity contribution in [1.29, 1.82) is 0 Å². The van der Waals surface area contributed by atoms with Crippen LogP contribution in [0.5, 0.6) is 0 Å². The molecule has 2 rings (SSSR count). The highest BCUT2D eigenvalue weighted by Crippen LogP contribution is 2.18. The molecule has 0 radical (unpaired) electrons. The third-order valence-electron chi connectivity index (χ3n) is 3.34. The molecule has 0 fully saturated rings. The standard InChI is InChI=1S/C17H18FNO2/c1-10-4-11(2)16(12(3)5-10)9-21-17(20)13-6-14(18)8-15(19)7-13/h4-8H,9,19H2,1-3H3. The van der Waals surface area contributed by atoms with Crippen LogP contribution in [0.2, 0.25) is 0 Å². The van der Waals surface area contributed by atoms with Gasteiger partial charge in [0.1, 0.15) is 12.4 Å². The zero-order chi connectivity index (χ0) is 15.6. The van der Waals surface area contributed by atoms with Crippen LogP contribution in [0.4, 0.5) is 10.1 Å². The number of hydrogen-bond acceptors (Lipinski definition) is 3. The molecular formula is C17H18FNO2. The van der Waals surface area contributed by atoms with Crippen LogP contribution in [-0.4, -0.2) is 5.97 Å². The highest BCUT2D eigenvalue weighted by Gasteiger charge is 2.12. The van der Waals surface area contributed by atoms with Crippen LogP contribution in [0.1, 0.15) is 32.6 Å². The van der Waals surface area contributed by atoms with Gasteiger partial charge < -0.3 is 10.5 Å². The first kappa shape index (κ1) is 15.0. The second-order valence-corrected chi connectivity index (χ2v) is 5.23. The molecule has 0 spiro atoms. The van der Waals surface area contributed by atoms with Crippen LogP contribution in [0.3, 0.4) is 0 Å². The van der Waals surface area contributed by atoms with Crippen molar-refractivity contribution < 1.29 is 13.9 Å². The second kappa shape index (κ2) is 5.95. The van der Waals surface area contributed by atoms with Crippen molar-refractivity contribution in [2.75, 3.05) is 5.73 Å². The predicted molar refractivity (Wildman–Crippen MR) is 80.6 cm³/mol. The largest absolute Gasteiger partial charge is 0.457 e. The van der Waals surface area contributed by atoms with E-state index in [4.69, 9.17) is 10.5 Å². The molecule has 2 N–H and O–H groups in total. The van der Waals surface area contributed by atoms with Gasteiger partial charge in [0.2, 0.25) is 0 Å². The van der Waals surface area contributed by atoms with Crippen LogP contribution in [0.15, 0.2) is 30.3 Å². The lowest BCUT2D eigenvalue weighted by atomic mass is 10.0. The van der Waals surface area contributed by atoms with Crippen molar-refractivity contribution in [3.8, 4) is 0 Å². The molecule has 0 unspecified atom stereocenters. The Morgan fingerprint density at radius 2 is 1.71 bits per heavy atom. The minimum absolute atomic E-state index is 0.120. The quantitative estimate of drug-likeness (QED) is 0.692. The maximum absolute atomic E-state index is 13.2. The summed E-state index contributed by atoms with van der Waals surface area (Å²) in [6, 6.07) is 7.76. The number of carbonyl (C=O) groups excluding carboxylic acids is 1. The molecule has 0 aromatic heterocycles. The number of aryl methyl sites for hydroxylation is 3. The molecule has 0 aliphatic rings. The van der Waals surface area contributed by atoms with Gasteiger partial charge in [0.15, 0.2) is 0 Å². The predicted octanol–water partition coefficient (Wildman–Crippen LogP) is 3.69. The van der Waals surface area contributed by atoms with Gasteiger partial charge in [-0.15, -0.1) is 0 Å². The van der Waals surface area contributed by atoms with Gasteiger partial charge in [0.25, 0.3) is 0 Å². The highest BCUT2D eigenvalue weighted by molar-refractivity contribution is 5.90. The molecule has 2 aromatic rings. The molecular weight excluding hydrogens is 269 g/mol. The van der Waals surface area contributed by atoms with Crippen molar-refractivity contribution in [3.63, 3.8) is 0 Å². The van der Waals surface area contributed by atoms with Crippen LogP contribution >= 0.6 is 0 Å². The van der Waals surface area contributed by atoms with Gasteiger partial charge in [-0.25, -0.2) is 9.18 Å². The van der Waals surface area contributed by atoms with E-state index in [1.165, 1.54) is 6.07 Å². The summed E-state index contributed by atoms with van der Waals surface area (Å²) in [5, 5.41) is 0. The summed E-state index contributed by atoms with van der Waals surface area (Å²) in [5.74, 6) is -1.13. The number of nitrogen functional groups attached to an aromatic ring is 1. The van der Waals surface area contributed by atoms with Crippen molar-refractivity contribution >= 4 is 11.7 Å². The van der Waals surface area contributed by atoms with Gasteiger partial charge in [-0.05, 0) is 55.7 Å². The number of carbonyl (C=O) groups is 1. The minimum Gasteiger partial charge on any atom is -0.457 e. The first-order chi connectivity index (χ1) is 9.86. The van der Waals surface area contributed by atoms with Crippen molar-refractivity contribution in [1.82, 2.24) is 0 Å². The zero-order valence-corrected chi connectivity index (χ0v) is 12.4. The van der Waals surface area contributed by atoms with Gasteiger partial charge >= 0.3 is 5.97 Å². The number of hydrogen-bond donors (Lipinski definition) is 1. The molecule has 0 amide bonds. The van der Waals surface area contributed by atoms with Gasteiger partial charge in [-0.3, -0.25) is 0 Å². The second-order valence-electron chi connectivity index (χ2n) is 5.23. The van der Waals surface area contributed by atoms with E-state index >= 15 is 0 Å². The summed E-state index contributed by atoms with van der Waals surface area (Å²) in [4.78, 5) is 12.0. The fourth-order valence-electron chi connectivity index (χ4n) is 2.39. The van der Waals surface area contributed by atoms with E-state index in [9.17, 15) is 9.18 Å². The van der Waals surface area contributed by atoms with E-state index in [1.807, 2.05) is 32.9 Å². The fraction of sp³-hybridized carbons (Fsp3) is 0.235. The summed E-state index contributed by atoms with van der Waals surface area (Å²) in [6.07, 6.45) is 0. The van der Waals surface area contributed by atoms with E-state index in [2.05, 4.69) is 0 Å². The van der Waals surface area contributed by atoms with Crippen molar-refractivity contribution in [3.05, 3.63) is 64.0 Å². The monoisotopic (exact) mass is 287 g/mol. The lowest BCUT2D eigenvalue weighted by Gasteiger charge is -2.12. The molecule has 2 aromatic carbocycles. The Hall–Kier alpha value is -2.36. The SMILES string of the molecule is Cc1cc(C)c(COC(=O)c2cc(N)cc(F)c2)c(C)c1. The third-order valence-corrected chi connectivity index (χ3v) is 3.34. The van der Waals surface area contributed by atoms with E-state index in [-0.39, 0.29) is 17.9 Å². The summed E-state index contributed by atoms with van der Waals surface area (Å²) < 4.78 is 18.5. The topological polar surface area (TPSA) is 52.3 Å². The minimum atomic E-state index is -0.583. The number of esters is 1. The van der Waals surface area contributed by atoms with Gasteiger partial charge in [0, 0.05) is 5.69 Å². The molecule has 3 nitrogen and oxygen atoms in total. The Labute approximate surface area is 123 Å². The van der Waals surface area contributed by atoms with Gasteiger partial charge in [0.05, 0.1) is 5.56 Å². The smallest absolute Gasteiger partial charge is 0.338 e. The number of halogens is 1. The Balaban J connectivity index is 2.15. The molecule has 0 atom stereocenters. The number of benzene rings is 2. The van der Waals surface area contributed by atoms with Gasteiger partial charge in [-0.2, -0.15) is 0 Å². The summed E-state index contributed by atoms with van der Waals surface area (Å²) >= 11 is 0. The number of rotatable bonds is 3. The molecule has 0 aliphatic carbocycles. The lowest BCUT2D eigenvalue weighted by Crippen LogP contribution is -2.08. The normalized spacial score (nSPS) is 10.5. The molecule has 21 heavy (non-hydrogen) atoms. The Kier molecular flexibility index (Phi) is 4.26. The molecule has 0 saturated carbocycles. The van der Waals surface area contributed by atoms with Gasteiger partial charge in [-0.1, -0.05) is 17.7 Å². The molecule has 0 heterocycles.